The van der Waals surface area contributed by atoms with Gasteiger partial charge in [0.2, 0.25) is 0 Å². The van der Waals surface area contributed by atoms with Crippen LogP contribution in [0.4, 0.5) is 0 Å². The number of amides is 1. The lowest BCUT2D eigenvalue weighted by Crippen LogP contribution is -2.37. The fraction of sp³-hybridized carbons (Fsp3) is 0.200. The lowest BCUT2D eigenvalue weighted by molar-refractivity contribution is -0.115. The highest BCUT2D eigenvalue weighted by atomic mass is 32.1. The molecule has 0 heterocycles. The molecule has 0 bridgehead atoms. The second kappa shape index (κ2) is 10.2. The third-order valence-corrected chi connectivity index (χ3v) is 4.19. The van der Waals surface area contributed by atoms with E-state index in [9.17, 15) is 14.4 Å². The van der Waals surface area contributed by atoms with Crippen molar-refractivity contribution in [1.82, 2.24) is 10.6 Å². The summed E-state index contributed by atoms with van der Waals surface area (Å²) in [5, 5.41) is 5.58. The summed E-state index contributed by atoms with van der Waals surface area (Å²) in [6.07, 6.45) is 0. The Morgan fingerprint density at radius 1 is 0.750 bits per heavy atom. The minimum Gasteiger partial charge on any atom is -0.465 e. The van der Waals surface area contributed by atoms with Crippen molar-refractivity contribution < 1.29 is 23.9 Å². The molecule has 28 heavy (non-hydrogen) atoms. The van der Waals surface area contributed by atoms with Crippen LogP contribution in [0, 0.1) is 0 Å². The van der Waals surface area contributed by atoms with E-state index in [1.165, 1.54) is 14.2 Å². The topological polar surface area (TPSA) is 93.7 Å². The van der Waals surface area contributed by atoms with Crippen molar-refractivity contribution in [2.24, 2.45) is 0 Å². The van der Waals surface area contributed by atoms with Crippen molar-refractivity contribution in [3.8, 4) is 0 Å². The first kappa shape index (κ1) is 21.0. The Morgan fingerprint density at radius 2 is 1.14 bits per heavy atom. The molecular formula is C20H20N2O5S. The largest absolute Gasteiger partial charge is 0.465 e. The molecule has 0 spiro atoms. The van der Waals surface area contributed by atoms with Crippen molar-refractivity contribution >= 4 is 35.1 Å². The Balaban J connectivity index is 1.80. The number of thiocarbonyl (C=S) groups is 1. The van der Waals surface area contributed by atoms with E-state index < -0.39 is 17.8 Å². The van der Waals surface area contributed by atoms with Crippen LogP contribution in [0.5, 0.6) is 0 Å². The van der Waals surface area contributed by atoms with E-state index in [0.717, 1.165) is 11.1 Å². The number of ether oxygens (including phenoxy) is 2. The van der Waals surface area contributed by atoms with Crippen molar-refractivity contribution in [2.75, 3.05) is 14.2 Å². The number of carbonyl (C=O) groups is 3. The molecule has 0 atom stereocenters. The first-order valence-corrected chi connectivity index (χ1v) is 8.76. The Kier molecular flexibility index (Phi) is 7.65. The van der Waals surface area contributed by atoms with Crippen LogP contribution in [0.3, 0.4) is 0 Å². The molecule has 2 aromatic carbocycles. The summed E-state index contributed by atoms with van der Waals surface area (Å²) in [7, 11) is 2.64. The number of hydrogen-bond donors (Lipinski definition) is 2. The van der Waals surface area contributed by atoms with Gasteiger partial charge in [0.1, 0.15) is 0 Å². The summed E-state index contributed by atoms with van der Waals surface area (Å²) in [4.78, 5) is 34.9. The van der Waals surface area contributed by atoms with Crippen LogP contribution in [0.15, 0.2) is 48.5 Å². The molecule has 2 aromatic rings. The molecule has 0 aliphatic heterocycles. The first-order chi connectivity index (χ1) is 13.4. The average molecular weight is 400 g/mol. The van der Waals surface area contributed by atoms with Crippen molar-refractivity contribution in [1.29, 1.82) is 0 Å². The second-order valence-corrected chi connectivity index (χ2v) is 6.15. The maximum atomic E-state index is 12.1. The highest BCUT2D eigenvalue weighted by molar-refractivity contribution is 7.82. The van der Waals surface area contributed by atoms with E-state index in [1.54, 1.807) is 48.5 Å². The average Bonchev–Trinajstić information content (AvgIpc) is 2.75. The van der Waals surface area contributed by atoms with Crippen LogP contribution in [-0.4, -0.2) is 37.1 Å². The maximum Gasteiger partial charge on any atom is 0.337 e. The number of benzene rings is 2. The normalized spacial score (nSPS) is 9.93. The Hall–Kier alpha value is -3.26. The van der Waals surface area contributed by atoms with Crippen molar-refractivity contribution in [3.05, 3.63) is 70.8 Å². The van der Waals surface area contributed by atoms with Crippen LogP contribution in [0.2, 0.25) is 0 Å². The molecule has 7 nitrogen and oxygen atoms in total. The van der Waals surface area contributed by atoms with Gasteiger partial charge in [-0.3, -0.25) is 4.79 Å². The highest BCUT2D eigenvalue weighted by Crippen LogP contribution is 2.07. The Morgan fingerprint density at radius 3 is 1.54 bits per heavy atom. The standard InChI is InChI=1S/C20H20N2O5S/c1-26-19(24)15-7-3-13(4-8-15)11-21-17(23)18(28)22-12-14-5-9-16(10-6-14)20(25)27-2/h3-10H,11-12H2,1-2H3,(H,21,23)(H,22,28). The molecule has 8 heteroatoms. The van der Waals surface area contributed by atoms with Gasteiger partial charge in [-0.25, -0.2) is 9.59 Å². The predicted octanol–water partition coefficient (Wildman–Crippen LogP) is 1.99. The van der Waals surface area contributed by atoms with Crippen LogP contribution < -0.4 is 10.6 Å². The van der Waals surface area contributed by atoms with Gasteiger partial charge in [0.25, 0.3) is 5.91 Å². The molecule has 0 aromatic heterocycles. The number of hydrogen-bond acceptors (Lipinski definition) is 6. The van der Waals surface area contributed by atoms with Crippen molar-refractivity contribution in [2.45, 2.75) is 13.1 Å². The summed E-state index contributed by atoms with van der Waals surface area (Å²) >= 11 is 5.09. The Bertz CT molecular complexity index is 790. The fourth-order valence-electron chi connectivity index (χ4n) is 2.28. The van der Waals surface area contributed by atoms with E-state index >= 15 is 0 Å². The molecule has 0 aliphatic rings. The van der Waals surface area contributed by atoms with Gasteiger partial charge in [0, 0.05) is 13.1 Å². The van der Waals surface area contributed by atoms with Gasteiger partial charge in [0.15, 0.2) is 4.99 Å². The quantitative estimate of drug-likeness (QED) is 0.566. The SMILES string of the molecule is COC(=O)c1ccc(CNC(=O)C(=S)NCc2ccc(C(=O)OC)cc2)cc1. The molecule has 2 N–H and O–H groups in total. The molecule has 0 fully saturated rings. The van der Waals surface area contributed by atoms with Gasteiger partial charge in [0.05, 0.1) is 25.3 Å². The predicted molar refractivity (Wildman–Crippen MR) is 107 cm³/mol. The van der Waals surface area contributed by atoms with Crippen molar-refractivity contribution in [3.63, 3.8) is 0 Å². The smallest absolute Gasteiger partial charge is 0.337 e. The number of carbonyl (C=O) groups excluding carboxylic acids is 3. The third-order valence-electron chi connectivity index (χ3n) is 3.86. The third kappa shape index (κ3) is 5.88. The van der Waals surface area contributed by atoms with E-state index in [2.05, 4.69) is 20.1 Å². The van der Waals surface area contributed by atoms with Gasteiger partial charge in [-0.15, -0.1) is 0 Å². The minimum atomic E-state index is -0.416. The summed E-state index contributed by atoms with van der Waals surface area (Å²) < 4.78 is 9.28. The molecular weight excluding hydrogens is 380 g/mol. The van der Waals surface area contributed by atoms with Crippen LogP contribution in [0.1, 0.15) is 31.8 Å². The summed E-state index contributed by atoms with van der Waals surface area (Å²) in [5.41, 5.74) is 2.57. The fourth-order valence-corrected chi connectivity index (χ4v) is 2.42. The molecule has 1 amide bonds. The van der Waals surface area contributed by atoms with Crippen LogP contribution >= 0.6 is 12.2 Å². The van der Waals surface area contributed by atoms with E-state index in [1.807, 2.05) is 0 Å². The summed E-state index contributed by atoms with van der Waals surface area (Å²) in [6, 6.07) is 13.5. The molecule has 146 valence electrons. The maximum absolute atomic E-state index is 12.1. The first-order valence-electron chi connectivity index (χ1n) is 8.35. The highest BCUT2D eigenvalue weighted by Gasteiger charge is 2.10. The van der Waals surface area contributed by atoms with Crippen LogP contribution in [0.25, 0.3) is 0 Å². The summed E-state index contributed by atoms with van der Waals surface area (Å²) in [5.74, 6) is -1.23. The summed E-state index contributed by atoms with van der Waals surface area (Å²) in [6.45, 7) is 0.622. The van der Waals surface area contributed by atoms with Crippen LogP contribution in [-0.2, 0) is 27.4 Å². The van der Waals surface area contributed by atoms with Gasteiger partial charge < -0.3 is 20.1 Å². The zero-order chi connectivity index (χ0) is 20.5. The number of rotatable bonds is 6. The molecule has 2 rings (SSSR count). The lowest BCUT2D eigenvalue weighted by atomic mass is 10.1. The monoisotopic (exact) mass is 400 g/mol. The lowest BCUT2D eigenvalue weighted by Gasteiger charge is -2.10. The van der Waals surface area contributed by atoms with Gasteiger partial charge in [-0.2, -0.15) is 0 Å². The second-order valence-electron chi connectivity index (χ2n) is 5.74. The van der Waals surface area contributed by atoms with E-state index in [4.69, 9.17) is 12.2 Å². The Labute approximate surface area is 168 Å². The molecule has 0 radical (unpaired) electrons. The zero-order valence-electron chi connectivity index (χ0n) is 15.5. The van der Waals surface area contributed by atoms with E-state index in [0.29, 0.717) is 17.7 Å². The number of methoxy groups -OCH3 is 2. The zero-order valence-corrected chi connectivity index (χ0v) is 16.3. The molecule has 0 aliphatic carbocycles. The van der Waals surface area contributed by atoms with Gasteiger partial charge >= 0.3 is 11.9 Å². The van der Waals surface area contributed by atoms with Gasteiger partial charge in [-0.1, -0.05) is 36.5 Å². The number of nitrogens with one attached hydrogen (secondary N) is 2. The minimum absolute atomic E-state index is 0.0585. The molecule has 0 saturated heterocycles. The molecule has 0 saturated carbocycles. The molecule has 0 unspecified atom stereocenters. The number of esters is 2. The van der Waals surface area contributed by atoms with E-state index in [-0.39, 0.29) is 11.5 Å². The van der Waals surface area contributed by atoms with Gasteiger partial charge in [-0.05, 0) is 35.4 Å².